The lowest BCUT2D eigenvalue weighted by Crippen LogP contribution is -2.43. The Morgan fingerprint density at radius 3 is 2.00 bits per heavy atom. The second-order valence-corrected chi connectivity index (χ2v) is 4.67. The first-order valence-corrected chi connectivity index (χ1v) is 5.63. The maximum absolute atomic E-state index is 11.8. The van der Waals surface area contributed by atoms with Gasteiger partial charge in [-0.1, -0.05) is 27.7 Å². The highest BCUT2D eigenvalue weighted by molar-refractivity contribution is 5.86. The number of carbonyl (C=O) groups excluding carboxylic acids is 2. The number of Topliss-reactive ketones (excluding diaryl/α,β-unsaturated/α-hetero) is 2. The molecule has 1 N–H and O–H groups in total. The number of hydrogen-bond donors (Lipinski definition) is 1. The number of nitrogens with one attached hydrogen (secondary N) is 1. The number of carbonyl (C=O) groups is 2. The molecule has 3 heteroatoms. The summed E-state index contributed by atoms with van der Waals surface area (Å²) in [6.45, 7) is 9.37. The van der Waals surface area contributed by atoms with Crippen molar-refractivity contribution in [3.8, 4) is 0 Å². The lowest BCUT2D eigenvalue weighted by molar-refractivity contribution is -0.124. The van der Waals surface area contributed by atoms with Crippen LogP contribution < -0.4 is 5.32 Å². The first-order chi connectivity index (χ1) is 6.84. The highest BCUT2D eigenvalue weighted by Crippen LogP contribution is 2.07. The second kappa shape index (κ2) is 6.72. The van der Waals surface area contributed by atoms with Crippen LogP contribution in [0.25, 0.3) is 0 Å². The molecule has 0 aromatic rings. The minimum atomic E-state index is -0.172. The lowest BCUT2D eigenvalue weighted by atomic mass is 9.96. The average Bonchev–Trinajstić information content (AvgIpc) is 2.10. The second-order valence-electron chi connectivity index (χ2n) is 4.67. The molecule has 0 saturated heterocycles. The monoisotopic (exact) mass is 213 g/mol. The van der Waals surface area contributed by atoms with Crippen LogP contribution in [0.3, 0.4) is 0 Å². The third kappa shape index (κ3) is 6.39. The van der Waals surface area contributed by atoms with Gasteiger partial charge in [0, 0.05) is 18.4 Å². The van der Waals surface area contributed by atoms with Crippen molar-refractivity contribution < 1.29 is 9.59 Å². The Morgan fingerprint density at radius 2 is 1.67 bits per heavy atom. The lowest BCUT2D eigenvalue weighted by Gasteiger charge is -2.21. The standard InChI is InChI=1S/C12H23NO2/c1-8(2)12(15)11(13-9(3)4)7-6-10(5)14/h8-9,11,13H,6-7H2,1-5H3. The molecule has 0 spiro atoms. The van der Waals surface area contributed by atoms with E-state index in [9.17, 15) is 9.59 Å². The molecule has 0 rings (SSSR count). The fourth-order valence-corrected chi connectivity index (χ4v) is 1.46. The summed E-state index contributed by atoms with van der Waals surface area (Å²) in [7, 11) is 0. The van der Waals surface area contributed by atoms with E-state index in [2.05, 4.69) is 5.32 Å². The van der Waals surface area contributed by atoms with Gasteiger partial charge in [-0.15, -0.1) is 0 Å². The van der Waals surface area contributed by atoms with Crippen LogP contribution in [0.5, 0.6) is 0 Å². The van der Waals surface area contributed by atoms with E-state index in [1.54, 1.807) is 6.92 Å². The van der Waals surface area contributed by atoms with Crippen molar-refractivity contribution in [2.24, 2.45) is 5.92 Å². The van der Waals surface area contributed by atoms with Crippen molar-refractivity contribution in [1.29, 1.82) is 0 Å². The van der Waals surface area contributed by atoms with E-state index < -0.39 is 0 Å². The van der Waals surface area contributed by atoms with Crippen LogP contribution in [0.2, 0.25) is 0 Å². The molecule has 0 aromatic carbocycles. The van der Waals surface area contributed by atoms with E-state index in [1.165, 1.54) is 0 Å². The normalized spacial score (nSPS) is 13.3. The zero-order valence-corrected chi connectivity index (χ0v) is 10.5. The molecule has 0 amide bonds. The fourth-order valence-electron chi connectivity index (χ4n) is 1.46. The largest absolute Gasteiger partial charge is 0.305 e. The Bertz CT molecular complexity index is 222. The van der Waals surface area contributed by atoms with Gasteiger partial charge < -0.3 is 10.1 Å². The van der Waals surface area contributed by atoms with E-state index in [0.29, 0.717) is 12.8 Å². The Labute approximate surface area is 92.6 Å². The summed E-state index contributed by atoms with van der Waals surface area (Å²) in [6, 6.07) is 0.0959. The van der Waals surface area contributed by atoms with Crippen LogP contribution in [-0.4, -0.2) is 23.7 Å². The molecule has 3 nitrogen and oxygen atoms in total. The van der Waals surface area contributed by atoms with Gasteiger partial charge in [0.15, 0.2) is 5.78 Å². The Kier molecular flexibility index (Phi) is 6.41. The van der Waals surface area contributed by atoms with Crippen LogP contribution in [0.1, 0.15) is 47.5 Å². The van der Waals surface area contributed by atoms with Crippen molar-refractivity contribution in [1.82, 2.24) is 5.32 Å². The Morgan fingerprint density at radius 1 is 1.13 bits per heavy atom. The molecule has 0 heterocycles. The maximum Gasteiger partial charge on any atom is 0.152 e. The molecule has 0 fully saturated rings. The quantitative estimate of drug-likeness (QED) is 0.703. The summed E-state index contributed by atoms with van der Waals surface area (Å²) in [4.78, 5) is 22.7. The molecule has 1 atom stereocenters. The van der Waals surface area contributed by atoms with Gasteiger partial charge in [0.05, 0.1) is 6.04 Å². The fraction of sp³-hybridized carbons (Fsp3) is 0.833. The van der Waals surface area contributed by atoms with Crippen LogP contribution in [-0.2, 0) is 9.59 Å². The van der Waals surface area contributed by atoms with Crippen molar-refractivity contribution >= 4 is 11.6 Å². The molecule has 0 aliphatic carbocycles. The van der Waals surface area contributed by atoms with E-state index in [-0.39, 0.29) is 29.6 Å². The van der Waals surface area contributed by atoms with Crippen LogP contribution >= 0.6 is 0 Å². The van der Waals surface area contributed by atoms with Gasteiger partial charge in [-0.25, -0.2) is 0 Å². The number of rotatable bonds is 7. The highest BCUT2D eigenvalue weighted by atomic mass is 16.1. The summed E-state index contributed by atoms with van der Waals surface area (Å²) in [5.41, 5.74) is 0. The SMILES string of the molecule is CC(=O)CCC(NC(C)C)C(=O)C(C)C. The van der Waals surface area contributed by atoms with Gasteiger partial charge in [-0.05, 0) is 13.3 Å². The molecular formula is C12H23NO2. The molecule has 0 aliphatic rings. The van der Waals surface area contributed by atoms with Gasteiger partial charge >= 0.3 is 0 Å². The van der Waals surface area contributed by atoms with E-state index in [1.807, 2.05) is 27.7 Å². The zero-order valence-electron chi connectivity index (χ0n) is 10.5. The Hall–Kier alpha value is -0.700. The number of ketones is 2. The summed E-state index contributed by atoms with van der Waals surface area (Å²) in [5.74, 6) is 0.361. The topological polar surface area (TPSA) is 46.2 Å². The van der Waals surface area contributed by atoms with Gasteiger partial charge in [0.2, 0.25) is 0 Å². The molecule has 15 heavy (non-hydrogen) atoms. The molecule has 1 unspecified atom stereocenters. The van der Waals surface area contributed by atoms with Crippen LogP contribution in [0, 0.1) is 5.92 Å². The molecule has 0 saturated carbocycles. The summed E-state index contributed by atoms with van der Waals surface area (Å²) >= 11 is 0. The van der Waals surface area contributed by atoms with Crippen molar-refractivity contribution in [2.75, 3.05) is 0 Å². The van der Waals surface area contributed by atoms with Crippen molar-refractivity contribution in [2.45, 2.75) is 59.5 Å². The predicted molar refractivity (Wildman–Crippen MR) is 61.8 cm³/mol. The van der Waals surface area contributed by atoms with Crippen LogP contribution in [0.15, 0.2) is 0 Å². The summed E-state index contributed by atoms with van der Waals surface area (Å²) in [5, 5.41) is 3.21. The zero-order chi connectivity index (χ0) is 12.0. The van der Waals surface area contributed by atoms with Gasteiger partial charge in [-0.2, -0.15) is 0 Å². The number of hydrogen-bond acceptors (Lipinski definition) is 3. The molecule has 88 valence electrons. The average molecular weight is 213 g/mol. The van der Waals surface area contributed by atoms with E-state index >= 15 is 0 Å². The molecular weight excluding hydrogens is 190 g/mol. The van der Waals surface area contributed by atoms with Crippen molar-refractivity contribution in [3.63, 3.8) is 0 Å². The highest BCUT2D eigenvalue weighted by Gasteiger charge is 2.21. The Balaban J connectivity index is 4.30. The van der Waals surface area contributed by atoms with Gasteiger partial charge in [0.1, 0.15) is 5.78 Å². The third-order valence-corrected chi connectivity index (χ3v) is 2.23. The van der Waals surface area contributed by atoms with Crippen LogP contribution in [0.4, 0.5) is 0 Å². The van der Waals surface area contributed by atoms with Gasteiger partial charge in [-0.3, -0.25) is 4.79 Å². The van der Waals surface area contributed by atoms with Gasteiger partial charge in [0.25, 0.3) is 0 Å². The summed E-state index contributed by atoms with van der Waals surface area (Å²) in [6.07, 6.45) is 1.09. The molecule has 0 aliphatic heterocycles. The first kappa shape index (κ1) is 14.3. The molecule has 0 aromatic heterocycles. The third-order valence-electron chi connectivity index (χ3n) is 2.23. The minimum absolute atomic E-state index is 0.0215. The smallest absolute Gasteiger partial charge is 0.152 e. The predicted octanol–water partition coefficient (Wildman–Crippen LogP) is 1.95. The minimum Gasteiger partial charge on any atom is -0.305 e. The first-order valence-electron chi connectivity index (χ1n) is 5.63. The van der Waals surface area contributed by atoms with E-state index in [0.717, 1.165) is 0 Å². The maximum atomic E-state index is 11.8. The van der Waals surface area contributed by atoms with Crippen molar-refractivity contribution in [3.05, 3.63) is 0 Å². The van der Waals surface area contributed by atoms with E-state index in [4.69, 9.17) is 0 Å². The summed E-state index contributed by atoms with van der Waals surface area (Å²) < 4.78 is 0. The molecule has 0 bridgehead atoms. The molecule has 0 radical (unpaired) electrons.